The van der Waals surface area contributed by atoms with Crippen molar-refractivity contribution in [2.45, 2.75) is 0 Å². The molecule has 3 aromatic rings. The molecule has 0 aromatic heterocycles. The number of ether oxygens (including phenoxy) is 1. The number of carbonyl (C=O) groups is 2. The Morgan fingerprint density at radius 3 is 1.61 bits per heavy atom. The molecule has 0 aliphatic heterocycles. The third-order valence-electron chi connectivity index (χ3n) is 3.67. The number of nitrogens with two attached hydrogens (primary N) is 1. The third-order valence-corrected chi connectivity index (χ3v) is 3.67. The molecule has 0 bridgehead atoms. The van der Waals surface area contributed by atoms with Crippen molar-refractivity contribution in [1.29, 1.82) is 0 Å². The van der Waals surface area contributed by atoms with E-state index in [4.69, 9.17) is 10.8 Å². The van der Waals surface area contributed by atoms with Crippen molar-refractivity contribution in [3.8, 4) is 11.1 Å². The fourth-order valence-electron chi connectivity index (χ4n) is 2.42. The Kier molecular flexibility index (Phi) is 8.17. The van der Waals surface area contributed by atoms with Crippen LogP contribution in [-0.2, 0) is 14.3 Å². The number of benzene rings is 3. The molecule has 0 radical (unpaired) electrons. The number of rotatable bonds is 5. The molecule has 0 amide bonds. The molecule has 5 heteroatoms. The summed E-state index contributed by atoms with van der Waals surface area (Å²) in [6, 6.07) is 29.2. The van der Waals surface area contributed by atoms with Crippen LogP contribution in [-0.4, -0.2) is 23.8 Å². The molecule has 0 aliphatic rings. The van der Waals surface area contributed by atoms with Crippen molar-refractivity contribution in [1.82, 2.24) is 0 Å². The quantitative estimate of drug-likeness (QED) is 0.400. The zero-order valence-electron chi connectivity index (χ0n) is 15.2. The lowest BCUT2D eigenvalue weighted by Gasteiger charge is -2.05. The van der Waals surface area contributed by atoms with Gasteiger partial charge in [-0.1, -0.05) is 91.0 Å². The van der Waals surface area contributed by atoms with Crippen molar-refractivity contribution < 1.29 is 19.4 Å². The van der Waals surface area contributed by atoms with Crippen LogP contribution in [0.15, 0.2) is 97.1 Å². The molecule has 0 aliphatic carbocycles. The van der Waals surface area contributed by atoms with Gasteiger partial charge in [0.2, 0.25) is 0 Å². The molecule has 3 aromatic carbocycles. The Morgan fingerprint density at radius 2 is 1.21 bits per heavy atom. The largest absolute Gasteiger partial charge is 0.478 e. The minimum Gasteiger partial charge on any atom is -0.478 e. The molecule has 0 atom stereocenters. The van der Waals surface area contributed by atoms with Gasteiger partial charge in [-0.25, -0.2) is 9.59 Å². The molecule has 3 rings (SSSR count). The maximum Gasteiger partial charge on any atom is 0.340 e. The summed E-state index contributed by atoms with van der Waals surface area (Å²) in [6.07, 6.45) is 0.799. The number of carboxylic acids is 1. The Labute approximate surface area is 163 Å². The van der Waals surface area contributed by atoms with Gasteiger partial charge < -0.3 is 9.84 Å². The minimum atomic E-state index is -1.21. The summed E-state index contributed by atoms with van der Waals surface area (Å²) in [6.45, 7) is -0.289. The highest BCUT2D eigenvalue weighted by Crippen LogP contribution is 2.17. The van der Waals surface area contributed by atoms with E-state index in [9.17, 15) is 9.59 Å². The average Bonchev–Trinajstić information content (AvgIpc) is 2.74. The molecule has 3 N–H and O–H groups in total. The fraction of sp³-hybridized carbons (Fsp3) is 0.0435. The summed E-state index contributed by atoms with van der Waals surface area (Å²) < 4.78 is 4.57. The first-order chi connectivity index (χ1) is 13.6. The van der Waals surface area contributed by atoms with Crippen molar-refractivity contribution in [2.24, 2.45) is 5.73 Å². The predicted molar refractivity (Wildman–Crippen MR) is 109 cm³/mol. The van der Waals surface area contributed by atoms with Gasteiger partial charge in [0, 0.05) is 6.08 Å². The average molecular weight is 375 g/mol. The maximum absolute atomic E-state index is 11.4. The van der Waals surface area contributed by atoms with Crippen LogP contribution in [0, 0.1) is 0 Å². The van der Waals surface area contributed by atoms with Crippen molar-refractivity contribution >= 4 is 17.5 Å². The third kappa shape index (κ3) is 6.55. The topological polar surface area (TPSA) is 89.6 Å². The van der Waals surface area contributed by atoms with E-state index in [-0.39, 0.29) is 12.3 Å². The van der Waals surface area contributed by atoms with Gasteiger partial charge in [-0.3, -0.25) is 5.73 Å². The molecule has 142 valence electrons. The zero-order chi connectivity index (χ0) is 20.2. The number of esters is 1. The summed E-state index contributed by atoms with van der Waals surface area (Å²) in [4.78, 5) is 22.0. The highest BCUT2D eigenvalue weighted by Gasteiger charge is 2.14. The van der Waals surface area contributed by atoms with Crippen LogP contribution in [0.4, 0.5) is 0 Å². The van der Waals surface area contributed by atoms with E-state index in [1.807, 2.05) is 12.1 Å². The van der Waals surface area contributed by atoms with Gasteiger partial charge in [0.15, 0.2) is 0 Å². The molecular weight excluding hydrogens is 354 g/mol. The van der Waals surface area contributed by atoms with E-state index < -0.39 is 11.9 Å². The van der Waals surface area contributed by atoms with E-state index in [0.717, 1.165) is 6.08 Å². The number of carbonyl (C=O) groups excluding carboxylic acids is 1. The first-order valence-corrected chi connectivity index (χ1v) is 8.59. The van der Waals surface area contributed by atoms with Crippen LogP contribution in [0.1, 0.15) is 5.56 Å². The van der Waals surface area contributed by atoms with E-state index in [1.54, 1.807) is 30.3 Å². The monoisotopic (exact) mass is 375 g/mol. The minimum absolute atomic E-state index is 0.0291. The lowest BCUT2D eigenvalue weighted by molar-refractivity contribution is -0.137. The second-order valence-electron chi connectivity index (χ2n) is 5.59. The summed E-state index contributed by atoms with van der Waals surface area (Å²) in [7, 11) is 0. The number of aliphatic carboxylic acids is 1. The summed E-state index contributed by atoms with van der Waals surface area (Å²) in [5, 5.41) is 8.65. The highest BCUT2D eigenvalue weighted by molar-refractivity contribution is 6.20. The lowest BCUT2D eigenvalue weighted by Crippen LogP contribution is -2.14. The van der Waals surface area contributed by atoms with Gasteiger partial charge in [0.25, 0.3) is 0 Å². The summed E-state index contributed by atoms with van der Waals surface area (Å²) >= 11 is 0. The lowest BCUT2D eigenvalue weighted by atomic mass is 10.1. The molecule has 28 heavy (non-hydrogen) atoms. The molecule has 0 unspecified atom stereocenters. The van der Waals surface area contributed by atoms with Crippen LogP contribution in [0.2, 0.25) is 0 Å². The van der Waals surface area contributed by atoms with Gasteiger partial charge in [0.1, 0.15) is 6.73 Å². The van der Waals surface area contributed by atoms with Crippen LogP contribution in [0.3, 0.4) is 0 Å². The molecule has 0 saturated carbocycles. The first kappa shape index (κ1) is 20.6. The summed E-state index contributed by atoms with van der Waals surface area (Å²) in [5.74, 6) is -1.97. The van der Waals surface area contributed by atoms with Crippen LogP contribution in [0.5, 0.6) is 0 Å². The maximum atomic E-state index is 11.4. The van der Waals surface area contributed by atoms with E-state index in [0.29, 0.717) is 5.56 Å². The normalized spacial score (nSPS) is 10.4. The zero-order valence-corrected chi connectivity index (χ0v) is 15.2. The van der Waals surface area contributed by atoms with E-state index in [1.165, 1.54) is 11.1 Å². The standard InChI is InChI=1S/C12H10.C11H11NO4/c1-3-7-11(8-4-1)12-9-5-2-6-10-12;12-7-16-11(15)9(6-10(13)14)8-4-2-1-3-5-8/h1-10H;1-6H,7,12H2,(H,13,14)/b;9-6+. The number of hydrogen-bond donors (Lipinski definition) is 2. The van der Waals surface area contributed by atoms with Crippen LogP contribution >= 0.6 is 0 Å². The van der Waals surface area contributed by atoms with Gasteiger partial charge >= 0.3 is 11.9 Å². The Balaban J connectivity index is 0.000000207. The van der Waals surface area contributed by atoms with Gasteiger partial charge in [-0.05, 0) is 16.7 Å². The molecule has 5 nitrogen and oxygen atoms in total. The Hall–Kier alpha value is -3.70. The first-order valence-electron chi connectivity index (χ1n) is 8.59. The van der Waals surface area contributed by atoms with E-state index in [2.05, 4.69) is 53.3 Å². The van der Waals surface area contributed by atoms with Crippen molar-refractivity contribution in [3.05, 3.63) is 103 Å². The Morgan fingerprint density at radius 1 is 0.786 bits per heavy atom. The molecule has 0 heterocycles. The number of hydrogen-bond acceptors (Lipinski definition) is 4. The van der Waals surface area contributed by atoms with E-state index >= 15 is 0 Å². The Bertz CT molecular complexity index is 870. The smallest absolute Gasteiger partial charge is 0.340 e. The number of carboxylic acid groups (broad SMARTS) is 1. The molecular formula is C23H21NO4. The molecule has 0 spiro atoms. The van der Waals surface area contributed by atoms with Gasteiger partial charge in [-0.2, -0.15) is 0 Å². The van der Waals surface area contributed by atoms with Crippen LogP contribution < -0.4 is 5.73 Å². The SMILES string of the molecule is NCOC(=O)/C(=C/C(=O)O)c1ccccc1.c1ccc(-c2ccccc2)cc1. The highest BCUT2D eigenvalue weighted by atomic mass is 16.5. The van der Waals surface area contributed by atoms with Crippen molar-refractivity contribution in [3.63, 3.8) is 0 Å². The second-order valence-corrected chi connectivity index (χ2v) is 5.59. The van der Waals surface area contributed by atoms with Crippen LogP contribution in [0.25, 0.3) is 16.7 Å². The van der Waals surface area contributed by atoms with Gasteiger partial charge in [-0.15, -0.1) is 0 Å². The molecule has 0 fully saturated rings. The molecule has 0 saturated heterocycles. The second kappa shape index (κ2) is 11.1. The fourth-order valence-corrected chi connectivity index (χ4v) is 2.42. The predicted octanol–water partition coefficient (Wildman–Crippen LogP) is 3.97. The summed E-state index contributed by atoms with van der Waals surface area (Å²) in [5.41, 5.74) is 8.06. The van der Waals surface area contributed by atoms with Gasteiger partial charge in [0.05, 0.1) is 5.57 Å². The van der Waals surface area contributed by atoms with Crippen molar-refractivity contribution in [2.75, 3.05) is 6.73 Å².